The standard InChI is InChI=1S/C12H14N4O4S/c1-6-5-7(2)11(10-9(6)14-20-15-10)21(18,19)16-8-3-4-13-12(8)17/h5,8,16H,3-4H2,1-2H3,(H,13,17). The van der Waals surface area contributed by atoms with Crippen molar-refractivity contribution in [3.63, 3.8) is 0 Å². The van der Waals surface area contributed by atoms with Crippen molar-refractivity contribution in [2.24, 2.45) is 0 Å². The third-order valence-electron chi connectivity index (χ3n) is 3.48. The van der Waals surface area contributed by atoms with E-state index in [1.165, 1.54) is 0 Å². The molecule has 0 bridgehead atoms. The third kappa shape index (κ3) is 2.28. The molecule has 1 aliphatic heterocycles. The van der Waals surface area contributed by atoms with Crippen molar-refractivity contribution in [3.05, 3.63) is 17.2 Å². The minimum absolute atomic E-state index is 0.00375. The molecule has 0 radical (unpaired) electrons. The fraction of sp³-hybridized carbons (Fsp3) is 0.417. The van der Waals surface area contributed by atoms with Crippen LogP contribution in [0.2, 0.25) is 0 Å². The van der Waals surface area contributed by atoms with Gasteiger partial charge in [0.25, 0.3) is 0 Å². The smallest absolute Gasteiger partial charge is 0.243 e. The lowest BCUT2D eigenvalue weighted by atomic mass is 10.1. The third-order valence-corrected chi connectivity index (χ3v) is 5.13. The number of nitrogens with one attached hydrogen (secondary N) is 2. The van der Waals surface area contributed by atoms with Gasteiger partial charge in [-0.1, -0.05) is 6.07 Å². The van der Waals surface area contributed by atoms with Crippen LogP contribution >= 0.6 is 0 Å². The monoisotopic (exact) mass is 310 g/mol. The van der Waals surface area contributed by atoms with Gasteiger partial charge >= 0.3 is 0 Å². The largest absolute Gasteiger partial charge is 0.355 e. The van der Waals surface area contributed by atoms with Crippen molar-refractivity contribution in [2.45, 2.75) is 31.2 Å². The van der Waals surface area contributed by atoms with Gasteiger partial charge in [0, 0.05) is 6.54 Å². The van der Waals surface area contributed by atoms with Gasteiger partial charge in [0.2, 0.25) is 15.9 Å². The molecular weight excluding hydrogens is 296 g/mol. The summed E-state index contributed by atoms with van der Waals surface area (Å²) < 4.78 is 32.2. The Morgan fingerprint density at radius 3 is 2.67 bits per heavy atom. The molecule has 9 heteroatoms. The van der Waals surface area contributed by atoms with Crippen molar-refractivity contribution in [1.29, 1.82) is 0 Å². The first-order valence-electron chi connectivity index (χ1n) is 6.42. The van der Waals surface area contributed by atoms with Crippen LogP contribution in [0.15, 0.2) is 15.6 Å². The van der Waals surface area contributed by atoms with Crippen LogP contribution < -0.4 is 10.0 Å². The van der Waals surface area contributed by atoms with Gasteiger partial charge in [-0.25, -0.2) is 13.0 Å². The Kier molecular flexibility index (Phi) is 3.18. The second-order valence-corrected chi connectivity index (χ2v) is 6.71. The minimum Gasteiger partial charge on any atom is -0.355 e. The summed E-state index contributed by atoms with van der Waals surface area (Å²) in [5.74, 6) is -0.321. The molecule has 0 saturated carbocycles. The molecule has 21 heavy (non-hydrogen) atoms. The Labute approximate surface area is 120 Å². The number of benzene rings is 1. The van der Waals surface area contributed by atoms with Crippen molar-refractivity contribution in [3.8, 4) is 0 Å². The minimum atomic E-state index is -3.89. The van der Waals surface area contributed by atoms with Crippen LogP contribution in [-0.2, 0) is 14.8 Å². The average molecular weight is 310 g/mol. The first kappa shape index (κ1) is 14.0. The van der Waals surface area contributed by atoms with Gasteiger partial charge < -0.3 is 5.32 Å². The molecule has 1 aliphatic rings. The van der Waals surface area contributed by atoms with E-state index in [-0.39, 0.29) is 16.3 Å². The number of hydrogen-bond donors (Lipinski definition) is 2. The second kappa shape index (κ2) is 4.78. The fourth-order valence-corrected chi connectivity index (χ4v) is 4.12. The first-order valence-corrected chi connectivity index (χ1v) is 7.91. The zero-order valence-electron chi connectivity index (χ0n) is 11.5. The zero-order chi connectivity index (χ0) is 15.2. The number of fused-ring (bicyclic) bond motifs is 1. The number of rotatable bonds is 3. The molecule has 8 nitrogen and oxygen atoms in total. The summed E-state index contributed by atoms with van der Waals surface area (Å²) in [5, 5.41) is 10.0. The first-order chi connectivity index (χ1) is 9.90. The van der Waals surface area contributed by atoms with Gasteiger partial charge in [-0.3, -0.25) is 4.79 Å². The van der Waals surface area contributed by atoms with Crippen molar-refractivity contribution in [2.75, 3.05) is 6.54 Å². The van der Waals surface area contributed by atoms with Crippen molar-refractivity contribution in [1.82, 2.24) is 20.4 Å². The van der Waals surface area contributed by atoms with Gasteiger partial charge in [0.15, 0.2) is 5.52 Å². The number of carbonyl (C=O) groups excluding carboxylic acids is 1. The molecule has 1 atom stereocenters. The van der Waals surface area contributed by atoms with Crippen LogP contribution in [-0.4, -0.2) is 37.2 Å². The lowest BCUT2D eigenvalue weighted by Crippen LogP contribution is -2.40. The summed E-state index contributed by atoms with van der Waals surface area (Å²) in [6, 6.07) is 0.945. The van der Waals surface area contributed by atoms with Crippen molar-refractivity contribution >= 4 is 27.0 Å². The molecule has 2 aromatic rings. The number of hydrogen-bond acceptors (Lipinski definition) is 6. The van der Waals surface area contributed by atoms with Crippen LogP contribution in [0.3, 0.4) is 0 Å². The summed E-state index contributed by atoms with van der Waals surface area (Å²) in [7, 11) is -3.89. The number of aryl methyl sites for hydroxylation is 2. The Morgan fingerprint density at radius 2 is 2.00 bits per heavy atom. The highest BCUT2D eigenvalue weighted by Crippen LogP contribution is 2.27. The lowest BCUT2D eigenvalue weighted by Gasteiger charge is -2.13. The molecular formula is C12H14N4O4S. The molecule has 1 aromatic carbocycles. The molecule has 1 amide bonds. The summed E-state index contributed by atoms with van der Waals surface area (Å²) in [4.78, 5) is 11.6. The molecule has 2 N–H and O–H groups in total. The molecule has 112 valence electrons. The second-order valence-electron chi connectivity index (χ2n) is 5.05. The van der Waals surface area contributed by atoms with Gasteiger partial charge in [-0.2, -0.15) is 4.72 Å². The highest BCUT2D eigenvalue weighted by molar-refractivity contribution is 7.89. The predicted molar refractivity (Wildman–Crippen MR) is 73.0 cm³/mol. The van der Waals surface area contributed by atoms with E-state index < -0.39 is 16.1 Å². The van der Waals surface area contributed by atoms with Gasteiger partial charge in [0.1, 0.15) is 16.5 Å². The fourth-order valence-electron chi connectivity index (χ4n) is 2.53. The number of sulfonamides is 1. The van der Waals surface area contributed by atoms with Gasteiger partial charge in [0.05, 0.1) is 0 Å². The number of carbonyl (C=O) groups is 1. The maximum atomic E-state index is 12.6. The Balaban J connectivity index is 2.10. The molecule has 1 fully saturated rings. The molecule has 3 rings (SSSR count). The highest BCUT2D eigenvalue weighted by atomic mass is 32.2. The normalized spacial score (nSPS) is 19.1. The maximum Gasteiger partial charge on any atom is 0.243 e. The van der Waals surface area contributed by atoms with E-state index in [1.54, 1.807) is 19.9 Å². The summed E-state index contributed by atoms with van der Waals surface area (Å²) in [6.45, 7) is 3.93. The molecule has 0 aliphatic carbocycles. The van der Waals surface area contributed by atoms with Crippen LogP contribution in [0.1, 0.15) is 17.5 Å². The Bertz CT molecular complexity index is 827. The number of amides is 1. The Hall–Kier alpha value is -2.00. The zero-order valence-corrected chi connectivity index (χ0v) is 12.3. The number of nitrogens with zero attached hydrogens (tertiary/aromatic N) is 2. The SMILES string of the molecule is Cc1cc(C)c2nonc2c1S(=O)(=O)NC1CCNC1=O. The van der Waals surface area contributed by atoms with E-state index >= 15 is 0 Å². The van der Waals surface area contributed by atoms with Crippen LogP contribution in [0.4, 0.5) is 0 Å². The molecule has 0 spiro atoms. The van der Waals surface area contributed by atoms with Crippen LogP contribution in [0.5, 0.6) is 0 Å². The Morgan fingerprint density at radius 1 is 1.29 bits per heavy atom. The van der Waals surface area contributed by atoms with Crippen molar-refractivity contribution < 1.29 is 17.8 Å². The molecule has 1 saturated heterocycles. The van der Waals surface area contributed by atoms with E-state index in [9.17, 15) is 13.2 Å². The van der Waals surface area contributed by atoms with E-state index in [2.05, 4.69) is 25.0 Å². The molecule has 2 heterocycles. The van der Waals surface area contributed by atoms with E-state index in [0.29, 0.717) is 24.0 Å². The van der Waals surface area contributed by atoms with Crippen LogP contribution in [0.25, 0.3) is 11.0 Å². The van der Waals surface area contributed by atoms with E-state index in [0.717, 1.165) is 5.56 Å². The molecule has 1 unspecified atom stereocenters. The topological polar surface area (TPSA) is 114 Å². The number of aromatic nitrogens is 2. The van der Waals surface area contributed by atoms with Gasteiger partial charge in [-0.05, 0) is 41.7 Å². The van der Waals surface area contributed by atoms with E-state index in [1.807, 2.05) is 0 Å². The maximum absolute atomic E-state index is 12.6. The average Bonchev–Trinajstić information content (AvgIpc) is 2.99. The van der Waals surface area contributed by atoms with E-state index in [4.69, 9.17) is 0 Å². The van der Waals surface area contributed by atoms with Gasteiger partial charge in [-0.15, -0.1) is 0 Å². The van der Waals surface area contributed by atoms with Crippen LogP contribution in [0, 0.1) is 13.8 Å². The summed E-state index contributed by atoms with van der Waals surface area (Å²) >= 11 is 0. The predicted octanol–water partition coefficient (Wildman–Crippen LogP) is 0.00644. The summed E-state index contributed by atoms with van der Waals surface area (Å²) in [6.07, 6.45) is 0.420. The quantitative estimate of drug-likeness (QED) is 0.825. The highest BCUT2D eigenvalue weighted by Gasteiger charge is 2.32. The summed E-state index contributed by atoms with van der Waals surface area (Å²) in [5.41, 5.74) is 1.89. The molecule has 1 aromatic heterocycles. The lowest BCUT2D eigenvalue weighted by molar-refractivity contribution is -0.120.